The Balaban J connectivity index is 1.72. The number of rotatable bonds is 7. The van der Waals surface area contributed by atoms with Crippen molar-refractivity contribution in [1.29, 1.82) is 0 Å². The van der Waals surface area contributed by atoms with E-state index in [9.17, 15) is 13.2 Å². The minimum Gasteiger partial charge on any atom is -0.492 e. The standard InChI is InChI=1S/C20H25N3O5S/c1-4-27-19-10-14-9-12(2)28-18(14)11-17(19)22-13(3)20(24)23-15-5-7-16(8-6-15)29(21,25)26/h5-8,10-13,22H,4,9H2,1-3H3,(H,23,24)(H2,21,25,26)/t12-,13-/m0/s1. The first-order valence-electron chi connectivity index (χ1n) is 9.34. The molecular formula is C20H25N3O5S. The summed E-state index contributed by atoms with van der Waals surface area (Å²) in [5.74, 6) is 1.17. The van der Waals surface area contributed by atoms with Gasteiger partial charge in [0.2, 0.25) is 15.9 Å². The Hall–Kier alpha value is -2.78. The number of nitrogens with two attached hydrogens (primary N) is 1. The maximum Gasteiger partial charge on any atom is 0.246 e. The first-order chi connectivity index (χ1) is 13.7. The number of primary sulfonamides is 1. The van der Waals surface area contributed by atoms with Crippen LogP contribution in [0.15, 0.2) is 41.3 Å². The summed E-state index contributed by atoms with van der Waals surface area (Å²) < 4.78 is 34.2. The van der Waals surface area contributed by atoms with Crippen molar-refractivity contribution in [3.8, 4) is 11.5 Å². The number of carbonyl (C=O) groups is 1. The van der Waals surface area contributed by atoms with Crippen molar-refractivity contribution >= 4 is 27.3 Å². The van der Waals surface area contributed by atoms with Gasteiger partial charge in [0.15, 0.2) is 0 Å². The Kier molecular flexibility index (Phi) is 5.99. The van der Waals surface area contributed by atoms with Crippen molar-refractivity contribution in [1.82, 2.24) is 0 Å². The van der Waals surface area contributed by atoms with Crippen LogP contribution in [-0.2, 0) is 21.2 Å². The van der Waals surface area contributed by atoms with E-state index in [1.54, 1.807) is 6.92 Å². The van der Waals surface area contributed by atoms with Crippen molar-refractivity contribution in [3.63, 3.8) is 0 Å². The summed E-state index contributed by atoms with van der Waals surface area (Å²) >= 11 is 0. The Morgan fingerprint density at radius 3 is 2.62 bits per heavy atom. The molecule has 29 heavy (non-hydrogen) atoms. The monoisotopic (exact) mass is 419 g/mol. The molecule has 0 saturated heterocycles. The minimum atomic E-state index is -3.78. The molecule has 2 atom stereocenters. The molecule has 1 aliphatic rings. The molecule has 3 rings (SSSR count). The maximum atomic E-state index is 12.6. The molecule has 156 valence electrons. The highest BCUT2D eigenvalue weighted by atomic mass is 32.2. The lowest BCUT2D eigenvalue weighted by atomic mass is 10.1. The van der Waals surface area contributed by atoms with Crippen molar-refractivity contribution < 1.29 is 22.7 Å². The van der Waals surface area contributed by atoms with Gasteiger partial charge in [0.1, 0.15) is 23.6 Å². The van der Waals surface area contributed by atoms with Gasteiger partial charge in [0, 0.05) is 23.7 Å². The Morgan fingerprint density at radius 1 is 1.31 bits per heavy atom. The molecule has 0 unspecified atom stereocenters. The smallest absolute Gasteiger partial charge is 0.246 e. The summed E-state index contributed by atoms with van der Waals surface area (Å²) in [4.78, 5) is 12.5. The molecule has 8 nitrogen and oxygen atoms in total. The van der Waals surface area contributed by atoms with E-state index in [0.717, 1.165) is 17.7 Å². The third-order valence-electron chi connectivity index (χ3n) is 4.51. The van der Waals surface area contributed by atoms with Crippen LogP contribution in [0.5, 0.6) is 11.5 Å². The molecule has 0 bridgehead atoms. The van der Waals surface area contributed by atoms with Crippen LogP contribution in [0.2, 0.25) is 0 Å². The molecule has 0 aliphatic carbocycles. The van der Waals surface area contributed by atoms with Crippen LogP contribution in [0.4, 0.5) is 11.4 Å². The van der Waals surface area contributed by atoms with Crippen LogP contribution in [0.3, 0.4) is 0 Å². The second-order valence-electron chi connectivity index (χ2n) is 6.95. The molecule has 2 aromatic carbocycles. The molecule has 4 N–H and O–H groups in total. The number of carbonyl (C=O) groups excluding carboxylic acids is 1. The number of sulfonamides is 1. The molecule has 1 amide bonds. The number of nitrogens with one attached hydrogen (secondary N) is 2. The van der Waals surface area contributed by atoms with E-state index in [-0.39, 0.29) is 16.9 Å². The fraction of sp³-hybridized carbons (Fsp3) is 0.350. The van der Waals surface area contributed by atoms with E-state index in [1.807, 2.05) is 26.0 Å². The number of ether oxygens (including phenoxy) is 2. The normalized spacial score (nSPS) is 16.5. The lowest BCUT2D eigenvalue weighted by Crippen LogP contribution is -2.32. The van der Waals surface area contributed by atoms with Gasteiger partial charge in [0.05, 0.1) is 17.2 Å². The molecule has 0 radical (unpaired) electrons. The van der Waals surface area contributed by atoms with Gasteiger partial charge >= 0.3 is 0 Å². The highest BCUT2D eigenvalue weighted by Crippen LogP contribution is 2.38. The molecule has 0 fully saturated rings. The fourth-order valence-corrected chi connectivity index (χ4v) is 3.62. The molecule has 0 aromatic heterocycles. The zero-order valence-electron chi connectivity index (χ0n) is 16.6. The Morgan fingerprint density at radius 2 is 2.00 bits per heavy atom. The number of amides is 1. The third kappa shape index (κ3) is 4.99. The zero-order chi connectivity index (χ0) is 21.2. The van der Waals surface area contributed by atoms with Crippen molar-refractivity contribution in [2.75, 3.05) is 17.2 Å². The topological polar surface area (TPSA) is 120 Å². The minimum absolute atomic E-state index is 0.0182. The van der Waals surface area contributed by atoms with Gasteiger partial charge in [-0.3, -0.25) is 4.79 Å². The maximum absolute atomic E-state index is 12.6. The highest BCUT2D eigenvalue weighted by molar-refractivity contribution is 7.89. The van der Waals surface area contributed by atoms with E-state index in [0.29, 0.717) is 23.7 Å². The van der Waals surface area contributed by atoms with Gasteiger partial charge in [-0.25, -0.2) is 13.6 Å². The van der Waals surface area contributed by atoms with E-state index in [2.05, 4.69) is 10.6 Å². The number of benzene rings is 2. The van der Waals surface area contributed by atoms with Gasteiger partial charge in [-0.1, -0.05) is 0 Å². The summed E-state index contributed by atoms with van der Waals surface area (Å²) in [6.45, 7) is 6.13. The third-order valence-corrected chi connectivity index (χ3v) is 5.44. The average molecular weight is 420 g/mol. The number of hydrogen-bond donors (Lipinski definition) is 3. The van der Waals surface area contributed by atoms with Gasteiger partial charge in [-0.05, 0) is 51.1 Å². The van der Waals surface area contributed by atoms with Crippen LogP contribution >= 0.6 is 0 Å². The quantitative estimate of drug-likeness (QED) is 0.634. The predicted octanol–water partition coefficient (Wildman–Crippen LogP) is 2.50. The lowest BCUT2D eigenvalue weighted by Gasteiger charge is -2.19. The number of anilines is 2. The fourth-order valence-electron chi connectivity index (χ4n) is 3.10. The summed E-state index contributed by atoms with van der Waals surface area (Å²) in [6, 6.07) is 8.88. The number of hydrogen-bond acceptors (Lipinski definition) is 6. The largest absolute Gasteiger partial charge is 0.492 e. The van der Waals surface area contributed by atoms with Crippen LogP contribution in [-0.4, -0.2) is 33.1 Å². The molecule has 1 aliphatic heterocycles. The van der Waals surface area contributed by atoms with Crippen LogP contribution in [0.25, 0.3) is 0 Å². The first-order valence-corrected chi connectivity index (χ1v) is 10.9. The van der Waals surface area contributed by atoms with Gasteiger partial charge in [0.25, 0.3) is 0 Å². The Bertz CT molecular complexity index is 1010. The summed E-state index contributed by atoms with van der Waals surface area (Å²) in [7, 11) is -3.78. The number of fused-ring (bicyclic) bond motifs is 1. The summed E-state index contributed by atoms with van der Waals surface area (Å²) in [6.07, 6.45) is 0.927. The van der Waals surface area contributed by atoms with E-state index >= 15 is 0 Å². The summed E-state index contributed by atoms with van der Waals surface area (Å²) in [5.41, 5.74) is 2.22. The molecule has 9 heteroatoms. The molecular weight excluding hydrogens is 394 g/mol. The predicted molar refractivity (Wildman–Crippen MR) is 111 cm³/mol. The Labute approximate surface area is 170 Å². The molecule has 0 saturated carbocycles. The zero-order valence-corrected chi connectivity index (χ0v) is 17.4. The lowest BCUT2D eigenvalue weighted by molar-refractivity contribution is -0.116. The SMILES string of the molecule is CCOc1cc2c(cc1N[C@@H](C)C(=O)Nc1ccc(S(N)(=O)=O)cc1)O[C@@H](C)C2. The highest BCUT2D eigenvalue weighted by Gasteiger charge is 2.23. The van der Waals surface area contributed by atoms with Crippen LogP contribution in [0, 0.1) is 0 Å². The van der Waals surface area contributed by atoms with Crippen molar-refractivity contribution in [3.05, 3.63) is 42.0 Å². The van der Waals surface area contributed by atoms with Gasteiger partial charge in [-0.15, -0.1) is 0 Å². The summed E-state index contributed by atoms with van der Waals surface area (Å²) in [5, 5.41) is 11.0. The van der Waals surface area contributed by atoms with Crippen molar-refractivity contribution in [2.24, 2.45) is 5.14 Å². The molecule has 0 spiro atoms. The van der Waals surface area contributed by atoms with E-state index in [1.165, 1.54) is 24.3 Å². The van der Waals surface area contributed by atoms with Crippen LogP contribution < -0.4 is 25.2 Å². The second kappa shape index (κ2) is 8.30. The van der Waals surface area contributed by atoms with E-state index < -0.39 is 16.1 Å². The van der Waals surface area contributed by atoms with E-state index in [4.69, 9.17) is 14.6 Å². The van der Waals surface area contributed by atoms with Crippen LogP contribution in [0.1, 0.15) is 26.3 Å². The van der Waals surface area contributed by atoms with Crippen molar-refractivity contribution in [2.45, 2.75) is 44.2 Å². The van der Waals surface area contributed by atoms with Gasteiger partial charge < -0.3 is 20.1 Å². The molecule has 1 heterocycles. The second-order valence-corrected chi connectivity index (χ2v) is 8.51. The first kappa shape index (κ1) is 20.9. The molecule has 2 aromatic rings. The van der Waals surface area contributed by atoms with Gasteiger partial charge in [-0.2, -0.15) is 0 Å². The average Bonchev–Trinajstić information content (AvgIpc) is 3.00.